The molecule has 22 heavy (non-hydrogen) atoms. The molecule has 0 aliphatic carbocycles. The van der Waals surface area contributed by atoms with Crippen molar-refractivity contribution in [2.45, 2.75) is 36.1 Å². The fourth-order valence-corrected chi connectivity index (χ4v) is 3.68. The molecule has 3 rings (SSSR count). The molecule has 3 aromatic rings. The number of benzene rings is 1. The van der Waals surface area contributed by atoms with Crippen LogP contribution in [0.25, 0.3) is 10.6 Å². The lowest BCUT2D eigenvalue weighted by Gasteiger charge is -2.12. The second-order valence-electron chi connectivity index (χ2n) is 5.93. The molecule has 2 aromatic heterocycles. The molecule has 0 fully saturated rings. The van der Waals surface area contributed by atoms with Crippen molar-refractivity contribution in [1.29, 1.82) is 0 Å². The summed E-state index contributed by atoms with van der Waals surface area (Å²) in [5, 5.41) is 1.03. The first-order valence-corrected chi connectivity index (χ1v) is 8.83. The van der Waals surface area contributed by atoms with Crippen LogP contribution in [0.1, 0.15) is 32.4 Å². The van der Waals surface area contributed by atoms with Crippen LogP contribution >= 0.6 is 23.1 Å². The van der Waals surface area contributed by atoms with Gasteiger partial charge in [-0.05, 0) is 6.07 Å². The van der Waals surface area contributed by atoms with Crippen LogP contribution in [0, 0.1) is 6.07 Å². The Kier molecular flexibility index (Phi) is 4.36. The molecule has 0 saturated heterocycles. The van der Waals surface area contributed by atoms with Gasteiger partial charge in [-0.3, -0.25) is 0 Å². The summed E-state index contributed by atoms with van der Waals surface area (Å²) in [4.78, 5) is 8.83. The first-order chi connectivity index (χ1) is 10.5. The van der Waals surface area contributed by atoms with Gasteiger partial charge in [-0.25, -0.2) is 9.97 Å². The quantitative estimate of drug-likeness (QED) is 0.618. The fraction of sp³-hybridized carbons (Fsp3) is 0.294. The Morgan fingerprint density at radius 2 is 1.95 bits per heavy atom. The molecule has 0 N–H and O–H groups in total. The summed E-state index contributed by atoms with van der Waals surface area (Å²) >= 11 is 3.39. The summed E-state index contributed by atoms with van der Waals surface area (Å²) < 4.78 is 6.97. The van der Waals surface area contributed by atoms with E-state index in [-0.39, 0.29) is 5.41 Å². The standard InChI is InChI=1S/C17H17N2OS2/c1-17(2,3)13-9-18-14(20-13)11-21-15-10-19-16(22-15)12-7-5-4-6-8-12/h5-10H,11H2,1-3H3. The van der Waals surface area contributed by atoms with Gasteiger partial charge < -0.3 is 4.42 Å². The number of aromatic nitrogens is 2. The van der Waals surface area contributed by atoms with E-state index < -0.39 is 0 Å². The molecule has 1 radical (unpaired) electrons. The molecule has 5 heteroatoms. The number of thioether (sulfide) groups is 1. The van der Waals surface area contributed by atoms with Crippen molar-refractivity contribution in [1.82, 2.24) is 9.97 Å². The van der Waals surface area contributed by atoms with E-state index in [9.17, 15) is 0 Å². The molecule has 1 aromatic carbocycles. The number of rotatable bonds is 4. The first kappa shape index (κ1) is 15.3. The van der Waals surface area contributed by atoms with Crippen LogP contribution in [0.2, 0.25) is 0 Å². The van der Waals surface area contributed by atoms with Crippen LogP contribution in [0.3, 0.4) is 0 Å². The summed E-state index contributed by atoms with van der Waals surface area (Å²) in [6.45, 7) is 6.37. The molecular formula is C17H17N2OS2. The zero-order valence-corrected chi connectivity index (χ0v) is 14.4. The summed E-state index contributed by atoms with van der Waals surface area (Å²) in [5.74, 6) is 2.41. The second kappa shape index (κ2) is 6.26. The molecule has 0 bridgehead atoms. The number of nitrogens with zero attached hydrogens (tertiary/aromatic N) is 2. The van der Waals surface area contributed by atoms with E-state index in [1.54, 1.807) is 23.1 Å². The van der Waals surface area contributed by atoms with Crippen LogP contribution in [-0.2, 0) is 11.2 Å². The molecule has 0 aliphatic heterocycles. The maximum Gasteiger partial charge on any atom is 0.204 e. The van der Waals surface area contributed by atoms with Gasteiger partial charge in [-0.1, -0.05) is 45.0 Å². The Morgan fingerprint density at radius 3 is 2.64 bits per heavy atom. The van der Waals surface area contributed by atoms with Gasteiger partial charge in [-0.15, -0.1) is 23.1 Å². The van der Waals surface area contributed by atoms with E-state index in [0.29, 0.717) is 0 Å². The van der Waals surface area contributed by atoms with Crippen LogP contribution in [0.5, 0.6) is 0 Å². The number of hydrogen-bond donors (Lipinski definition) is 0. The highest BCUT2D eigenvalue weighted by Crippen LogP contribution is 2.33. The van der Waals surface area contributed by atoms with Gasteiger partial charge in [0.25, 0.3) is 0 Å². The zero-order valence-electron chi connectivity index (χ0n) is 12.8. The maximum absolute atomic E-state index is 5.81. The van der Waals surface area contributed by atoms with Crippen molar-refractivity contribution in [2.75, 3.05) is 0 Å². The Hall–Kier alpha value is -1.59. The van der Waals surface area contributed by atoms with E-state index in [4.69, 9.17) is 4.42 Å². The largest absolute Gasteiger partial charge is 0.444 e. The highest BCUT2D eigenvalue weighted by molar-refractivity contribution is 8.00. The number of oxazole rings is 1. The second-order valence-corrected chi connectivity index (χ2v) is 8.24. The summed E-state index contributed by atoms with van der Waals surface area (Å²) in [6, 6.07) is 10.9. The van der Waals surface area contributed by atoms with Crippen LogP contribution in [-0.4, -0.2) is 9.97 Å². The lowest BCUT2D eigenvalue weighted by molar-refractivity contribution is 0.391. The van der Waals surface area contributed by atoms with Crippen molar-refractivity contribution < 1.29 is 4.42 Å². The van der Waals surface area contributed by atoms with E-state index in [1.807, 2.05) is 36.7 Å². The Morgan fingerprint density at radius 1 is 1.18 bits per heavy atom. The van der Waals surface area contributed by atoms with Gasteiger partial charge in [0.2, 0.25) is 5.89 Å². The van der Waals surface area contributed by atoms with Gasteiger partial charge in [0.05, 0.1) is 22.4 Å². The molecule has 2 heterocycles. The minimum Gasteiger partial charge on any atom is -0.444 e. The van der Waals surface area contributed by atoms with Crippen molar-refractivity contribution in [3.05, 3.63) is 54.4 Å². The Bertz CT molecular complexity index is 741. The number of thiazole rings is 1. The summed E-state index contributed by atoms with van der Waals surface area (Å²) in [7, 11) is 0. The van der Waals surface area contributed by atoms with Gasteiger partial charge in [0.15, 0.2) is 0 Å². The van der Waals surface area contributed by atoms with Gasteiger partial charge in [0, 0.05) is 11.0 Å². The molecule has 0 aliphatic rings. The average Bonchev–Trinajstić information content (AvgIpc) is 3.15. The monoisotopic (exact) mass is 329 g/mol. The van der Waals surface area contributed by atoms with Gasteiger partial charge >= 0.3 is 0 Å². The normalized spacial score (nSPS) is 11.8. The molecule has 0 unspecified atom stereocenters. The minimum atomic E-state index is -0.00208. The molecular weight excluding hydrogens is 312 g/mol. The van der Waals surface area contributed by atoms with Crippen LogP contribution in [0.15, 0.2) is 45.3 Å². The Balaban J connectivity index is 1.65. The van der Waals surface area contributed by atoms with E-state index >= 15 is 0 Å². The SMILES string of the molecule is CC(C)(C)c1cnc(CSc2cnc(-c3cc[c]cc3)s2)o1. The lowest BCUT2D eigenvalue weighted by atomic mass is 9.94. The van der Waals surface area contributed by atoms with Crippen molar-refractivity contribution in [3.63, 3.8) is 0 Å². The van der Waals surface area contributed by atoms with Crippen LogP contribution in [0.4, 0.5) is 0 Å². The highest BCUT2D eigenvalue weighted by Gasteiger charge is 2.19. The van der Waals surface area contributed by atoms with E-state index in [0.717, 1.165) is 28.0 Å². The third-order valence-corrected chi connectivity index (χ3v) is 5.31. The van der Waals surface area contributed by atoms with Crippen LogP contribution < -0.4 is 0 Å². The average molecular weight is 329 g/mol. The molecule has 0 atom stereocenters. The topological polar surface area (TPSA) is 38.9 Å². The molecule has 0 saturated carbocycles. The van der Waals surface area contributed by atoms with Crippen molar-refractivity contribution in [2.24, 2.45) is 0 Å². The molecule has 0 amide bonds. The maximum atomic E-state index is 5.81. The Labute approximate surface area is 138 Å². The minimum absolute atomic E-state index is 0.00208. The fourth-order valence-electron chi connectivity index (χ4n) is 1.85. The van der Waals surface area contributed by atoms with Crippen molar-refractivity contribution in [3.8, 4) is 10.6 Å². The summed E-state index contributed by atoms with van der Waals surface area (Å²) in [5.41, 5.74) is 1.12. The van der Waals surface area contributed by atoms with Gasteiger partial charge in [-0.2, -0.15) is 0 Å². The molecule has 0 spiro atoms. The predicted octanol–water partition coefficient (Wildman–Crippen LogP) is 5.19. The van der Waals surface area contributed by atoms with E-state index in [2.05, 4.69) is 36.8 Å². The van der Waals surface area contributed by atoms with Crippen molar-refractivity contribution >= 4 is 23.1 Å². The highest BCUT2D eigenvalue weighted by atomic mass is 32.2. The van der Waals surface area contributed by atoms with Gasteiger partial charge in [0.1, 0.15) is 10.8 Å². The molecule has 113 valence electrons. The number of hydrogen-bond acceptors (Lipinski definition) is 5. The smallest absolute Gasteiger partial charge is 0.204 e. The summed E-state index contributed by atoms with van der Waals surface area (Å²) in [6.07, 6.45) is 3.74. The predicted molar refractivity (Wildman–Crippen MR) is 91.2 cm³/mol. The first-order valence-electron chi connectivity index (χ1n) is 7.03. The third-order valence-electron chi connectivity index (χ3n) is 3.08. The van der Waals surface area contributed by atoms with E-state index in [1.165, 1.54) is 4.21 Å². The lowest BCUT2D eigenvalue weighted by Crippen LogP contribution is -2.09. The third kappa shape index (κ3) is 3.59. The zero-order chi connectivity index (χ0) is 15.6. The molecule has 3 nitrogen and oxygen atoms in total.